The maximum atomic E-state index is 14.0. The van der Waals surface area contributed by atoms with Gasteiger partial charge in [-0.1, -0.05) is 36.3 Å². The van der Waals surface area contributed by atoms with E-state index in [1.807, 2.05) is 25.1 Å². The van der Waals surface area contributed by atoms with E-state index in [-0.39, 0.29) is 12.2 Å². The van der Waals surface area contributed by atoms with Crippen LogP contribution in [0, 0.1) is 0 Å². The second-order valence-electron chi connectivity index (χ2n) is 9.23. The average molecular weight is 593 g/mol. The van der Waals surface area contributed by atoms with Crippen LogP contribution in [-0.4, -0.2) is 31.4 Å². The summed E-state index contributed by atoms with van der Waals surface area (Å²) in [6.45, 7) is 3.94. The van der Waals surface area contributed by atoms with E-state index in [1.165, 1.54) is 15.9 Å². The van der Waals surface area contributed by atoms with Gasteiger partial charge in [-0.3, -0.25) is 9.36 Å². The molecule has 1 atom stereocenters. The van der Waals surface area contributed by atoms with Gasteiger partial charge in [-0.25, -0.2) is 9.79 Å². The summed E-state index contributed by atoms with van der Waals surface area (Å²) in [4.78, 5) is 32.8. The minimum atomic E-state index is -0.833. The van der Waals surface area contributed by atoms with Crippen molar-refractivity contribution in [3.05, 3.63) is 102 Å². The SMILES string of the molecule is CCCC1=C(C(=O)OCC)[C@H](c2cc(OC)ccc2OC)n2c(s/c(=C\c3ccc(-c4ccc(Cl)cc4)o3)c2=O)=N1. The van der Waals surface area contributed by atoms with Crippen molar-refractivity contribution in [2.24, 2.45) is 4.99 Å². The molecule has 0 radical (unpaired) electrons. The number of methoxy groups -OCH3 is 2. The Labute approximate surface area is 245 Å². The molecule has 1 aliphatic heterocycles. The van der Waals surface area contributed by atoms with Crippen LogP contribution in [-0.2, 0) is 9.53 Å². The van der Waals surface area contributed by atoms with Crippen LogP contribution in [0.3, 0.4) is 0 Å². The van der Waals surface area contributed by atoms with Crippen LogP contribution in [0.1, 0.15) is 44.1 Å². The number of halogens is 1. The lowest BCUT2D eigenvalue weighted by atomic mass is 9.93. The van der Waals surface area contributed by atoms with E-state index in [9.17, 15) is 9.59 Å². The van der Waals surface area contributed by atoms with Crippen LogP contribution in [0.15, 0.2) is 80.1 Å². The summed E-state index contributed by atoms with van der Waals surface area (Å²) in [5.41, 5.74) is 2.03. The Bertz CT molecular complexity index is 1800. The third kappa shape index (κ3) is 5.60. The number of hydrogen-bond donors (Lipinski definition) is 0. The number of hydrogen-bond acceptors (Lipinski definition) is 8. The molecule has 0 fully saturated rings. The van der Waals surface area contributed by atoms with E-state index in [4.69, 9.17) is 35.2 Å². The fraction of sp³-hybridized carbons (Fsp3) is 0.258. The second-order valence-corrected chi connectivity index (χ2v) is 10.7. The number of carbonyl (C=O) groups is 1. The number of aromatic nitrogens is 1. The number of allylic oxidation sites excluding steroid dienone is 1. The number of benzene rings is 2. The van der Waals surface area contributed by atoms with Crippen molar-refractivity contribution < 1.29 is 23.4 Å². The van der Waals surface area contributed by atoms with Crippen LogP contribution < -0.4 is 24.4 Å². The molecular weight excluding hydrogens is 564 g/mol. The third-order valence-electron chi connectivity index (χ3n) is 6.65. The van der Waals surface area contributed by atoms with Crippen molar-refractivity contribution in [1.29, 1.82) is 0 Å². The van der Waals surface area contributed by atoms with Gasteiger partial charge in [0.15, 0.2) is 4.80 Å². The lowest BCUT2D eigenvalue weighted by molar-refractivity contribution is -0.139. The first-order chi connectivity index (χ1) is 19.9. The number of ether oxygens (including phenoxy) is 3. The molecule has 0 amide bonds. The fourth-order valence-electron chi connectivity index (χ4n) is 4.80. The molecule has 4 aromatic rings. The number of thiazole rings is 1. The highest BCUT2D eigenvalue weighted by Crippen LogP contribution is 2.38. The summed E-state index contributed by atoms with van der Waals surface area (Å²) < 4.78 is 24.6. The Morgan fingerprint density at radius 3 is 2.56 bits per heavy atom. The first kappa shape index (κ1) is 28.4. The summed E-state index contributed by atoms with van der Waals surface area (Å²) >= 11 is 7.25. The van der Waals surface area contributed by atoms with Gasteiger partial charge in [0.05, 0.1) is 36.6 Å². The van der Waals surface area contributed by atoms with Gasteiger partial charge >= 0.3 is 5.97 Å². The van der Waals surface area contributed by atoms with Crippen LogP contribution >= 0.6 is 22.9 Å². The molecule has 0 saturated carbocycles. The zero-order chi connectivity index (χ0) is 29.1. The number of rotatable bonds is 9. The predicted octanol–water partition coefficient (Wildman–Crippen LogP) is 5.51. The van der Waals surface area contributed by atoms with Gasteiger partial charge in [0.2, 0.25) is 0 Å². The fourth-order valence-corrected chi connectivity index (χ4v) is 5.92. The molecule has 1 aliphatic rings. The van der Waals surface area contributed by atoms with Gasteiger partial charge in [0.1, 0.15) is 29.1 Å². The standard InChI is InChI=1S/C31H29ClN2O6S/c1-5-7-23-27(30(36)39-6-2)28(22-16-20(37-3)12-15-25(22)38-4)34-29(35)26(41-31(34)33-23)17-21-13-14-24(40-21)18-8-10-19(32)11-9-18/h8-17,28H,5-7H2,1-4H3/b26-17-/t28-/m0/s1. The predicted molar refractivity (Wildman–Crippen MR) is 158 cm³/mol. The third-order valence-corrected chi connectivity index (χ3v) is 7.89. The number of carbonyl (C=O) groups excluding carboxylic acids is 1. The van der Waals surface area contributed by atoms with E-state index in [2.05, 4.69) is 0 Å². The van der Waals surface area contributed by atoms with Gasteiger partial charge in [-0.15, -0.1) is 0 Å². The molecule has 2 aromatic heterocycles. The molecule has 41 heavy (non-hydrogen) atoms. The van der Waals surface area contributed by atoms with Gasteiger partial charge in [-0.05, 0) is 67.9 Å². The minimum absolute atomic E-state index is 0.183. The van der Waals surface area contributed by atoms with Gasteiger partial charge in [-0.2, -0.15) is 0 Å². The zero-order valence-electron chi connectivity index (χ0n) is 23.1. The molecular formula is C31H29ClN2O6S. The number of nitrogens with zero attached hydrogens (tertiary/aromatic N) is 2. The van der Waals surface area contributed by atoms with Gasteiger partial charge < -0.3 is 18.6 Å². The van der Waals surface area contributed by atoms with Crippen LogP contribution in [0.25, 0.3) is 17.4 Å². The van der Waals surface area contributed by atoms with E-state index < -0.39 is 12.0 Å². The van der Waals surface area contributed by atoms with Crippen molar-refractivity contribution in [3.63, 3.8) is 0 Å². The van der Waals surface area contributed by atoms with E-state index in [0.717, 1.165) is 12.0 Å². The summed E-state index contributed by atoms with van der Waals surface area (Å²) in [7, 11) is 3.11. The van der Waals surface area contributed by atoms with Crippen molar-refractivity contribution in [2.45, 2.75) is 32.7 Å². The molecule has 5 rings (SSSR count). The van der Waals surface area contributed by atoms with E-state index >= 15 is 0 Å². The highest BCUT2D eigenvalue weighted by atomic mass is 35.5. The maximum Gasteiger partial charge on any atom is 0.338 e. The number of furan rings is 1. The summed E-state index contributed by atoms with van der Waals surface area (Å²) in [6, 6.07) is 15.4. The molecule has 0 spiro atoms. The van der Waals surface area contributed by atoms with Crippen LogP contribution in [0.5, 0.6) is 11.5 Å². The molecule has 0 bridgehead atoms. The van der Waals surface area contributed by atoms with Crippen LogP contribution in [0.2, 0.25) is 5.02 Å². The zero-order valence-corrected chi connectivity index (χ0v) is 24.7. The normalized spacial score (nSPS) is 15.0. The van der Waals surface area contributed by atoms with Crippen molar-refractivity contribution in [2.75, 3.05) is 20.8 Å². The van der Waals surface area contributed by atoms with E-state index in [0.29, 0.717) is 60.6 Å². The van der Waals surface area contributed by atoms with Crippen molar-refractivity contribution >= 4 is 35.0 Å². The Morgan fingerprint density at radius 2 is 1.88 bits per heavy atom. The molecule has 0 aliphatic carbocycles. The first-order valence-electron chi connectivity index (χ1n) is 13.2. The lowest BCUT2D eigenvalue weighted by Crippen LogP contribution is -2.40. The van der Waals surface area contributed by atoms with E-state index in [1.54, 1.807) is 63.6 Å². The summed E-state index contributed by atoms with van der Waals surface area (Å²) in [5.74, 6) is 1.69. The molecule has 0 N–H and O–H groups in total. The molecule has 3 heterocycles. The highest BCUT2D eigenvalue weighted by molar-refractivity contribution is 7.07. The minimum Gasteiger partial charge on any atom is -0.497 e. The Hall–Kier alpha value is -4.08. The smallest absolute Gasteiger partial charge is 0.338 e. The Balaban J connectivity index is 1.72. The van der Waals surface area contributed by atoms with Gasteiger partial charge in [0.25, 0.3) is 5.56 Å². The van der Waals surface area contributed by atoms with Crippen molar-refractivity contribution in [3.8, 4) is 22.8 Å². The van der Waals surface area contributed by atoms with Crippen LogP contribution in [0.4, 0.5) is 0 Å². The lowest BCUT2D eigenvalue weighted by Gasteiger charge is -2.27. The van der Waals surface area contributed by atoms with Gasteiger partial charge in [0, 0.05) is 22.2 Å². The Morgan fingerprint density at radius 1 is 1.10 bits per heavy atom. The molecule has 2 aromatic carbocycles. The van der Waals surface area contributed by atoms with Crippen molar-refractivity contribution in [1.82, 2.24) is 4.57 Å². The molecule has 212 valence electrons. The largest absolute Gasteiger partial charge is 0.497 e. The monoisotopic (exact) mass is 592 g/mol. The quantitative estimate of drug-likeness (QED) is 0.238. The average Bonchev–Trinajstić information content (AvgIpc) is 3.56. The maximum absolute atomic E-state index is 14.0. The molecule has 0 saturated heterocycles. The molecule has 8 nitrogen and oxygen atoms in total. The summed E-state index contributed by atoms with van der Waals surface area (Å²) in [6.07, 6.45) is 2.97. The molecule has 0 unspecified atom stereocenters. The number of fused-ring (bicyclic) bond motifs is 1. The highest BCUT2D eigenvalue weighted by Gasteiger charge is 2.36. The molecule has 10 heteroatoms. The summed E-state index contributed by atoms with van der Waals surface area (Å²) in [5, 5.41) is 0.633. The second kappa shape index (κ2) is 12.2. The Kier molecular flexibility index (Phi) is 8.46. The topological polar surface area (TPSA) is 92.3 Å². The first-order valence-corrected chi connectivity index (χ1v) is 14.4. The number of esters is 1.